The Balaban J connectivity index is 0.00000392. The number of alkyl halides is 3. The molecule has 10 heteroatoms. The Morgan fingerprint density at radius 1 is 1.29 bits per heavy atom. The lowest BCUT2D eigenvalue weighted by Crippen LogP contribution is -2.39. The van der Waals surface area contributed by atoms with Crippen LogP contribution in [0.3, 0.4) is 0 Å². The number of hydrogen-bond donors (Lipinski definition) is 2. The third-order valence-electron chi connectivity index (χ3n) is 4.40. The molecule has 1 aliphatic rings. The molecule has 0 amide bonds. The van der Waals surface area contributed by atoms with Crippen molar-refractivity contribution in [3.05, 3.63) is 16.1 Å². The zero-order valence-electron chi connectivity index (χ0n) is 16.5. The molecule has 1 atom stereocenters. The highest BCUT2D eigenvalue weighted by atomic mass is 127. The van der Waals surface area contributed by atoms with Gasteiger partial charge < -0.3 is 15.5 Å². The van der Waals surface area contributed by atoms with Crippen molar-refractivity contribution in [1.29, 1.82) is 0 Å². The van der Waals surface area contributed by atoms with Crippen LogP contribution >= 0.6 is 35.3 Å². The van der Waals surface area contributed by atoms with Gasteiger partial charge in [-0.3, -0.25) is 4.99 Å². The molecule has 2 N–H and O–H groups in total. The zero-order valence-corrected chi connectivity index (χ0v) is 19.7. The number of likely N-dealkylation sites (tertiary alicyclic amines) is 1. The van der Waals surface area contributed by atoms with Crippen LogP contribution in [-0.4, -0.2) is 55.1 Å². The Bertz CT molecular complexity index is 588. The van der Waals surface area contributed by atoms with E-state index >= 15 is 0 Å². The summed E-state index contributed by atoms with van der Waals surface area (Å²) in [4.78, 5) is 10.8. The number of aromatic nitrogens is 1. The minimum absolute atomic E-state index is 0. The topological polar surface area (TPSA) is 52.6 Å². The van der Waals surface area contributed by atoms with E-state index in [4.69, 9.17) is 0 Å². The van der Waals surface area contributed by atoms with Crippen LogP contribution in [0.25, 0.3) is 0 Å². The molecule has 1 aliphatic heterocycles. The van der Waals surface area contributed by atoms with E-state index in [1.165, 1.54) is 32.4 Å². The van der Waals surface area contributed by atoms with Crippen LogP contribution in [-0.2, 0) is 12.6 Å². The van der Waals surface area contributed by atoms with E-state index in [0.717, 1.165) is 36.4 Å². The number of hydrogen-bond acceptors (Lipinski definition) is 4. The van der Waals surface area contributed by atoms with Crippen LogP contribution < -0.4 is 10.6 Å². The molecule has 0 radical (unpaired) electrons. The molecule has 1 fully saturated rings. The third-order valence-corrected chi connectivity index (χ3v) is 5.31. The highest BCUT2D eigenvalue weighted by Crippen LogP contribution is 2.29. The first-order valence-corrected chi connectivity index (χ1v) is 10.5. The molecule has 1 aromatic heterocycles. The summed E-state index contributed by atoms with van der Waals surface area (Å²) >= 11 is 1.04. The zero-order chi connectivity index (χ0) is 19.7. The van der Waals surface area contributed by atoms with Crippen LogP contribution in [0.5, 0.6) is 0 Å². The number of rotatable bonds is 8. The summed E-state index contributed by atoms with van der Waals surface area (Å²) in [7, 11) is 0. The van der Waals surface area contributed by atoms with E-state index in [0.29, 0.717) is 29.9 Å². The summed E-state index contributed by atoms with van der Waals surface area (Å²) in [5.41, 5.74) is -0.811. The Hall–Kier alpha value is -0.620. The Labute approximate surface area is 186 Å². The molecule has 1 aromatic rings. The summed E-state index contributed by atoms with van der Waals surface area (Å²) in [6.07, 6.45) is -0.0291. The number of piperidine rings is 1. The van der Waals surface area contributed by atoms with Crippen molar-refractivity contribution in [3.8, 4) is 0 Å². The number of nitrogens with zero attached hydrogens (tertiary/aromatic N) is 3. The molecule has 2 heterocycles. The van der Waals surface area contributed by atoms with Gasteiger partial charge in [-0.2, -0.15) is 13.2 Å². The molecule has 1 saturated heterocycles. The van der Waals surface area contributed by atoms with Crippen molar-refractivity contribution in [1.82, 2.24) is 20.5 Å². The largest absolute Gasteiger partial charge is 0.434 e. The van der Waals surface area contributed by atoms with E-state index in [-0.39, 0.29) is 24.0 Å². The van der Waals surface area contributed by atoms with Gasteiger partial charge in [-0.25, -0.2) is 4.98 Å². The fraction of sp³-hybridized carbons (Fsp3) is 0.778. The minimum atomic E-state index is -4.37. The van der Waals surface area contributed by atoms with Crippen molar-refractivity contribution in [2.24, 2.45) is 10.9 Å². The van der Waals surface area contributed by atoms with E-state index in [2.05, 4.69) is 32.4 Å². The molecule has 28 heavy (non-hydrogen) atoms. The maximum atomic E-state index is 12.6. The molecule has 1 unspecified atom stereocenters. The summed E-state index contributed by atoms with van der Waals surface area (Å²) in [6.45, 7) is 9.57. The van der Waals surface area contributed by atoms with E-state index in [1.54, 1.807) is 0 Å². The first kappa shape index (κ1) is 25.4. The number of nitrogens with one attached hydrogen (secondary N) is 2. The molecule has 162 valence electrons. The molecule has 0 aromatic carbocycles. The quantitative estimate of drug-likeness (QED) is 0.302. The van der Waals surface area contributed by atoms with Gasteiger partial charge in [0.25, 0.3) is 0 Å². The first-order valence-electron chi connectivity index (χ1n) is 9.64. The fourth-order valence-corrected chi connectivity index (χ4v) is 3.88. The number of thiazole rings is 1. The monoisotopic (exact) mass is 533 g/mol. The average Bonchev–Trinajstić information content (AvgIpc) is 3.10. The molecule has 5 nitrogen and oxygen atoms in total. The normalized spacial score (nSPS) is 17.1. The van der Waals surface area contributed by atoms with Crippen molar-refractivity contribution in [3.63, 3.8) is 0 Å². The van der Waals surface area contributed by atoms with Crippen LogP contribution in [0.1, 0.15) is 43.8 Å². The van der Waals surface area contributed by atoms with Crippen LogP contribution in [0.15, 0.2) is 10.4 Å². The van der Waals surface area contributed by atoms with Gasteiger partial charge in [0.05, 0.1) is 5.01 Å². The second-order valence-corrected chi connectivity index (χ2v) is 7.93. The molecular formula is C18H31F3IN5S. The smallest absolute Gasteiger partial charge is 0.357 e. The van der Waals surface area contributed by atoms with Gasteiger partial charge >= 0.3 is 6.18 Å². The van der Waals surface area contributed by atoms with Crippen molar-refractivity contribution < 1.29 is 13.2 Å². The SMILES string of the molecule is CCNC(=NCC(C)CN1CCCCC1)NCCc1nc(C(F)(F)F)cs1.I. The average molecular weight is 533 g/mol. The predicted molar refractivity (Wildman–Crippen MR) is 120 cm³/mol. The minimum Gasteiger partial charge on any atom is -0.357 e. The lowest BCUT2D eigenvalue weighted by molar-refractivity contribution is -0.140. The van der Waals surface area contributed by atoms with Crippen LogP contribution in [0, 0.1) is 5.92 Å². The van der Waals surface area contributed by atoms with Gasteiger partial charge in [-0.05, 0) is 38.8 Å². The van der Waals surface area contributed by atoms with Crippen LogP contribution in [0.4, 0.5) is 13.2 Å². The van der Waals surface area contributed by atoms with Gasteiger partial charge in [0.1, 0.15) is 0 Å². The van der Waals surface area contributed by atoms with Crippen molar-refractivity contribution in [2.45, 2.75) is 45.7 Å². The second-order valence-electron chi connectivity index (χ2n) is 6.99. The number of halogens is 4. The Kier molecular flexibility index (Phi) is 11.7. The Morgan fingerprint density at radius 3 is 2.61 bits per heavy atom. The summed E-state index contributed by atoms with van der Waals surface area (Å²) in [5, 5.41) is 7.91. The molecular weight excluding hydrogens is 502 g/mol. The molecule has 0 bridgehead atoms. The molecule has 0 saturated carbocycles. The second kappa shape index (κ2) is 12.8. The maximum absolute atomic E-state index is 12.6. The van der Waals surface area contributed by atoms with Gasteiger partial charge in [0.15, 0.2) is 11.7 Å². The fourth-order valence-electron chi connectivity index (χ4n) is 3.07. The van der Waals surface area contributed by atoms with Crippen molar-refractivity contribution >= 4 is 41.3 Å². The van der Waals surface area contributed by atoms with Crippen LogP contribution in [0.2, 0.25) is 0 Å². The maximum Gasteiger partial charge on any atom is 0.434 e. The van der Waals surface area contributed by atoms with Crippen molar-refractivity contribution in [2.75, 3.05) is 39.3 Å². The highest BCUT2D eigenvalue weighted by Gasteiger charge is 2.33. The van der Waals surface area contributed by atoms with E-state index in [9.17, 15) is 13.2 Å². The molecule has 0 aliphatic carbocycles. The first-order chi connectivity index (χ1) is 12.9. The standard InChI is InChI=1S/C18H30F3N5S.HI/c1-3-22-17(24-11-14(2)12-26-9-5-4-6-10-26)23-8-7-16-25-15(13-27-16)18(19,20)21;/h13-14H,3-12H2,1-2H3,(H2,22,23,24);1H. The van der Waals surface area contributed by atoms with E-state index < -0.39 is 11.9 Å². The Morgan fingerprint density at radius 2 is 2.00 bits per heavy atom. The predicted octanol–water partition coefficient (Wildman–Crippen LogP) is 4.00. The molecule has 2 rings (SSSR count). The number of guanidine groups is 1. The van der Waals surface area contributed by atoms with Gasteiger partial charge in [-0.1, -0.05) is 13.3 Å². The summed E-state index contributed by atoms with van der Waals surface area (Å²) in [6, 6.07) is 0. The molecule has 0 spiro atoms. The highest BCUT2D eigenvalue weighted by molar-refractivity contribution is 14.0. The number of aliphatic imine (C=N–C) groups is 1. The third kappa shape index (κ3) is 9.25. The lowest BCUT2D eigenvalue weighted by atomic mass is 10.1. The van der Waals surface area contributed by atoms with Gasteiger partial charge in [0, 0.05) is 38.0 Å². The van der Waals surface area contributed by atoms with Gasteiger partial charge in [0.2, 0.25) is 0 Å². The summed E-state index contributed by atoms with van der Waals surface area (Å²) in [5.74, 6) is 1.17. The van der Waals surface area contributed by atoms with Gasteiger partial charge in [-0.15, -0.1) is 35.3 Å². The lowest BCUT2D eigenvalue weighted by Gasteiger charge is -2.28. The van der Waals surface area contributed by atoms with E-state index in [1.807, 2.05) is 6.92 Å². The summed E-state index contributed by atoms with van der Waals surface area (Å²) < 4.78 is 37.8.